The number of hydrogen-bond donors (Lipinski definition) is 1. The molecule has 106 valence electrons. The summed E-state index contributed by atoms with van der Waals surface area (Å²) in [5.74, 6) is 0.771. The average molecular weight is 389 g/mol. The highest BCUT2D eigenvalue weighted by molar-refractivity contribution is 9.11. The van der Waals surface area contributed by atoms with Crippen molar-refractivity contribution in [3.8, 4) is 0 Å². The van der Waals surface area contributed by atoms with Gasteiger partial charge in [-0.3, -0.25) is 0 Å². The van der Waals surface area contributed by atoms with Gasteiger partial charge in [0.25, 0.3) is 0 Å². The molecule has 3 heteroatoms. The molecule has 1 N–H and O–H groups in total. The molecule has 0 bridgehead atoms. The summed E-state index contributed by atoms with van der Waals surface area (Å²) in [5, 5.41) is 3.71. The minimum absolute atomic E-state index is 0.481. The Hall–Kier alpha value is 0.140. The number of nitrogens with one attached hydrogen (secondary N) is 1. The van der Waals surface area contributed by atoms with Crippen LogP contribution in [0.1, 0.15) is 57.1 Å². The SMILES string of the molecule is CCNC(c1cc(Br)ccc1Br)C1CCCCCC1. The van der Waals surface area contributed by atoms with Gasteiger partial charge in [-0.1, -0.05) is 64.5 Å². The number of halogens is 2. The van der Waals surface area contributed by atoms with E-state index in [1.165, 1.54) is 53.0 Å². The zero-order chi connectivity index (χ0) is 13.7. The molecule has 0 radical (unpaired) electrons. The fourth-order valence-electron chi connectivity index (χ4n) is 3.15. The minimum atomic E-state index is 0.481. The highest BCUT2D eigenvalue weighted by Gasteiger charge is 2.25. The van der Waals surface area contributed by atoms with Crippen LogP contribution >= 0.6 is 31.9 Å². The molecular weight excluding hydrogens is 366 g/mol. The highest BCUT2D eigenvalue weighted by atomic mass is 79.9. The molecule has 2 rings (SSSR count). The van der Waals surface area contributed by atoms with Gasteiger partial charge in [0.2, 0.25) is 0 Å². The molecule has 1 unspecified atom stereocenters. The average Bonchev–Trinajstić information content (AvgIpc) is 2.68. The van der Waals surface area contributed by atoms with E-state index in [1.807, 2.05) is 0 Å². The van der Waals surface area contributed by atoms with Gasteiger partial charge in [-0.2, -0.15) is 0 Å². The highest BCUT2D eigenvalue weighted by Crippen LogP contribution is 2.37. The molecule has 0 heterocycles. The molecule has 0 aliphatic heterocycles. The lowest BCUT2D eigenvalue weighted by molar-refractivity contribution is 0.329. The van der Waals surface area contributed by atoms with Gasteiger partial charge in [0.05, 0.1) is 0 Å². The quantitative estimate of drug-likeness (QED) is 0.639. The van der Waals surface area contributed by atoms with E-state index in [9.17, 15) is 0 Å². The Morgan fingerprint density at radius 1 is 1.16 bits per heavy atom. The number of hydrogen-bond acceptors (Lipinski definition) is 1. The van der Waals surface area contributed by atoms with Gasteiger partial charge >= 0.3 is 0 Å². The smallest absolute Gasteiger partial charge is 0.0360 e. The third-order valence-electron chi connectivity index (χ3n) is 4.09. The van der Waals surface area contributed by atoms with E-state index in [0.717, 1.165) is 12.5 Å². The number of benzene rings is 1. The Morgan fingerprint density at radius 2 is 1.84 bits per heavy atom. The normalized spacial score (nSPS) is 19.1. The zero-order valence-corrected chi connectivity index (χ0v) is 14.8. The molecular formula is C16H23Br2N. The molecule has 1 aliphatic rings. The van der Waals surface area contributed by atoms with E-state index in [2.05, 4.69) is 62.3 Å². The summed E-state index contributed by atoms with van der Waals surface area (Å²) in [5.41, 5.74) is 1.41. The van der Waals surface area contributed by atoms with E-state index in [4.69, 9.17) is 0 Å². The van der Waals surface area contributed by atoms with Crippen molar-refractivity contribution in [1.29, 1.82) is 0 Å². The maximum Gasteiger partial charge on any atom is 0.0360 e. The van der Waals surface area contributed by atoms with Crippen molar-refractivity contribution in [1.82, 2.24) is 5.32 Å². The first-order chi connectivity index (χ1) is 9.22. The van der Waals surface area contributed by atoms with Gasteiger partial charge < -0.3 is 5.32 Å². The van der Waals surface area contributed by atoms with E-state index in [1.54, 1.807) is 0 Å². The maximum atomic E-state index is 3.73. The zero-order valence-electron chi connectivity index (χ0n) is 11.6. The fourth-order valence-corrected chi connectivity index (χ4v) is 4.02. The van der Waals surface area contributed by atoms with Crippen LogP contribution in [0.2, 0.25) is 0 Å². The van der Waals surface area contributed by atoms with Crippen molar-refractivity contribution >= 4 is 31.9 Å². The van der Waals surface area contributed by atoms with Crippen LogP contribution in [0, 0.1) is 5.92 Å². The summed E-state index contributed by atoms with van der Waals surface area (Å²) >= 11 is 7.33. The molecule has 0 amide bonds. The third-order valence-corrected chi connectivity index (χ3v) is 5.30. The van der Waals surface area contributed by atoms with Gasteiger partial charge in [0.1, 0.15) is 0 Å². The van der Waals surface area contributed by atoms with Crippen LogP contribution in [0.15, 0.2) is 27.1 Å². The molecule has 1 nitrogen and oxygen atoms in total. The summed E-state index contributed by atoms with van der Waals surface area (Å²) < 4.78 is 2.40. The van der Waals surface area contributed by atoms with Crippen LogP contribution in [0.25, 0.3) is 0 Å². The first-order valence-corrected chi connectivity index (χ1v) is 8.99. The molecule has 1 aromatic carbocycles. The molecule has 0 spiro atoms. The van der Waals surface area contributed by atoms with E-state index >= 15 is 0 Å². The summed E-state index contributed by atoms with van der Waals surface area (Å²) in [7, 11) is 0. The molecule has 1 aliphatic carbocycles. The van der Waals surface area contributed by atoms with Crippen molar-refractivity contribution in [2.45, 2.75) is 51.5 Å². The van der Waals surface area contributed by atoms with Crippen LogP contribution < -0.4 is 5.32 Å². The number of rotatable bonds is 4. The first kappa shape index (κ1) is 15.5. The van der Waals surface area contributed by atoms with Gasteiger partial charge in [0.15, 0.2) is 0 Å². The van der Waals surface area contributed by atoms with Crippen molar-refractivity contribution in [2.75, 3.05) is 6.54 Å². The standard InChI is InChI=1S/C16H23Br2N/c1-2-19-16(12-7-5-3-4-6-8-12)14-11-13(17)9-10-15(14)18/h9-12,16,19H,2-8H2,1H3. The molecule has 1 saturated carbocycles. The predicted octanol–water partition coefficient (Wildman–Crippen LogP) is 5.83. The third kappa shape index (κ3) is 4.30. The first-order valence-electron chi connectivity index (χ1n) is 7.40. The van der Waals surface area contributed by atoms with Crippen LogP contribution in [0.3, 0.4) is 0 Å². The van der Waals surface area contributed by atoms with Crippen LogP contribution in [-0.2, 0) is 0 Å². The Bertz CT molecular complexity index is 398. The summed E-state index contributed by atoms with van der Waals surface area (Å²) in [4.78, 5) is 0. The van der Waals surface area contributed by atoms with Crippen molar-refractivity contribution in [3.05, 3.63) is 32.7 Å². The van der Waals surface area contributed by atoms with Gasteiger partial charge in [-0.05, 0) is 49.1 Å². The lowest BCUT2D eigenvalue weighted by Gasteiger charge is -2.28. The van der Waals surface area contributed by atoms with E-state index in [0.29, 0.717) is 6.04 Å². The van der Waals surface area contributed by atoms with E-state index < -0.39 is 0 Å². The Kier molecular flexibility index (Phi) is 6.37. The second-order valence-electron chi connectivity index (χ2n) is 5.45. The van der Waals surface area contributed by atoms with Crippen LogP contribution in [0.5, 0.6) is 0 Å². The summed E-state index contributed by atoms with van der Waals surface area (Å²) in [6, 6.07) is 7.00. The van der Waals surface area contributed by atoms with Crippen LogP contribution in [0.4, 0.5) is 0 Å². The fraction of sp³-hybridized carbons (Fsp3) is 0.625. The van der Waals surface area contributed by atoms with Crippen LogP contribution in [-0.4, -0.2) is 6.54 Å². The van der Waals surface area contributed by atoms with E-state index in [-0.39, 0.29) is 0 Å². The monoisotopic (exact) mass is 387 g/mol. The van der Waals surface area contributed by atoms with Gasteiger partial charge in [-0.15, -0.1) is 0 Å². The summed E-state index contributed by atoms with van der Waals surface area (Å²) in [6.45, 7) is 3.23. The lowest BCUT2D eigenvalue weighted by Crippen LogP contribution is -2.28. The maximum absolute atomic E-state index is 3.73. The lowest BCUT2D eigenvalue weighted by atomic mass is 9.87. The molecule has 19 heavy (non-hydrogen) atoms. The molecule has 0 saturated heterocycles. The second-order valence-corrected chi connectivity index (χ2v) is 7.22. The largest absolute Gasteiger partial charge is 0.310 e. The second kappa shape index (κ2) is 7.80. The Labute approximate surface area is 133 Å². The summed E-state index contributed by atoms with van der Waals surface area (Å²) in [6.07, 6.45) is 8.31. The molecule has 1 atom stereocenters. The molecule has 1 fully saturated rings. The predicted molar refractivity (Wildman–Crippen MR) is 89.5 cm³/mol. The van der Waals surface area contributed by atoms with Gasteiger partial charge in [-0.25, -0.2) is 0 Å². The molecule has 0 aromatic heterocycles. The minimum Gasteiger partial charge on any atom is -0.310 e. The Balaban J connectivity index is 2.24. The van der Waals surface area contributed by atoms with Gasteiger partial charge in [0, 0.05) is 15.0 Å². The Morgan fingerprint density at radius 3 is 2.47 bits per heavy atom. The van der Waals surface area contributed by atoms with Crippen molar-refractivity contribution < 1.29 is 0 Å². The van der Waals surface area contributed by atoms with Crippen molar-refractivity contribution in [3.63, 3.8) is 0 Å². The topological polar surface area (TPSA) is 12.0 Å². The molecule has 1 aromatic rings. The van der Waals surface area contributed by atoms with Crippen molar-refractivity contribution in [2.24, 2.45) is 5.92 Å².